The van der Waals surface area contributed by atoms with Gasteiger partial charge in [-0.3, -0.25) is 5.43 Å². The Bertz CT molecular complexity index is 726. The van der Waals surface area contributed by atoms with E-state index in [0.717, 1.165) is 5.56 Å². The smallest absolute Gasteiger partial charge is 0.256 e. The van der Waals surface area contributed by atoms with Gasteiger partial charge in [0.15, 0.2) is 5.16 Å². The van der Waals surface area contributed by atoms with E-state index in [0.29, 0.717) is 16.3 Å². The number of hydrogen-bond donors (Lipinski definition) is 2. The van der Waals surface area contributed by atoms with Gasteiger partial charge in [0, 0.05) is 24.8 Å². The van der Waals surface area contributed by atoms with Gasteiger partial charge in [-0.05, 0) is 30.3 Å². The SMILES string of the molecule is Cc1cnc(Sc2nc(NN)nc(-n3cccn3)n2)nc1. The summed E-state index contributed by atoms with van der Waals surface area (Å²) in [7, 11) is 0. The minimum absolute atomic E-state index is 0.241. The average Bonchev–Trinajstić information content (AvgIpc) is 3.04. The first-order chi connectivity index (χ1) is 10.2. The lowest BCUT2D eigenvalue weighted by Gasteiger charge is -2.05. The van der Waals surface area contributed by atoms with E-state index in [1.165, 1.54) is 16.4 Å². The van der Waals surface area contributed by atoms with E-state index >= 15 is 0 Å². The lowest BCUT2D eigenvalue weighted by molar-refractivity contribution is 0.759. The number of anilines is 1. The van der Waals surface area contributed by atoms with Gasteiger partial charge < -0.3 is 0 Å². The molecular weight excluding hydrogens is 290 g/mol. The highest BCUT2D eigenvalue weighted by molar-refractivity contribution is 7.99. The van der Waals surface area contributed by atoms with E-state index in [1.54, 1.807) is 30.9 Å². The molecule has 3 rings (SSSR count). The number of nitrogen functional groups attached to an aromatic ring is 1. The first kappa shape index (κ1) is 13.4. The highest BCUT2D eigenvalue weighted by atomic mass is 32.2. The number of hydrogen-bond acceptors (Lipinski definition) is 9. The topological polar surface area (TPSA) is 120 Å². The van der Waals surface area contributed by atoms with E-state index in [2.05, 4.69) is 35.4 Å². The van der Waals surface area contributed by atoms with Gasteiger partial charge in [-0.1, -0.05) is 0 Å². The predicted octanol–water partition coefficient (Wildman–Crippen LogP) is 0.593. The molecule has 0 bridgehead atoms. The zero-order chi connectivity index (χ0) is 14.7. The van der Waals surface area contributed by atoms with Gasteiger partial charge >= 0.3 is 0 Å². The van der Waals surface area contributed by atoms with Crippen LogP contribution in [0, 0.1) is 6.92 Å². The highest BCUT2D eigenvalue weighted by Crippen LogP contribution is 2.21. The molecule has 0 saturated heterocycles. The van der Waals surface area contributed by atoms with Gasteiger partial charge in [0.1, 0.15) is 0 Å². The lowest BCUT2D eigenvalue weighted by Crippen LogP contribution is -2.14. The Morgan fingerprint density at radius 1 is 1.14 bits per heavy atom. The van der Waals surface area contributed by atoms with Gasteiger partial charge in [0.05, 0.1) is 0 Å². The Hall–Kier alpha value is -2.59. The second-order valence-corrected chi connectivity index (χ2v) is 4.92. The van der Waals surface area contributed by atoms with Crippen LogP contribution in [0.2, 0.25) is 0 Å². The van der Waals surface area contributed by atoms with Crippen molar-refractivity contribution in [2.24, 2.45) is 5.84 Å². The third-order valence-corrected chi connectivity index (χ3v) is 3.14. The number of rotatable bonds is 4. The van der Waals surface area contributed by atoms with Crippen molar-refractivity contribution in [1.82, 2.24) is 34.7 Å². The molecule has 3 N–H and O–H groups in total. The highest BCUT2D eigenvalue weighted by Gasteiger charge is 2.10. The molecule has 0 amide bonds. The maximum absolute atomic E-state index is 5.38. The number of nitrogens with two attached hydrogens (primary N) is 1. The van der Waals surface area contributed by atoms with Gasteiger partial charge in [-0.2, -0.15) is 20.1 Å². The third-order valence-electron chi connectivity index (χ3n) is 2.38. The van der Waals surface area contributed by atoms with Crippen LogP contribution in [0.25, 0.3) is 5.95 Å². The van der Waals surface area contributed by atoms with Crippen LogP contribution in [-0.2, 0) is 0 Å². The minimum Gasteiger partial charge on any atom is -0.292 e. The van der Waals surface area contributed by atoms with Crippen molar-refractivity contribution in [1.29, 1.82) is 0 Å². The van der Waals surface area contributed by atoms with Crippen molar-refractivity contribution in [3.05, 3.63) is 36.4 Å². The van der Waals surface area contributed by atoms with Crippen molar-refractivity contribution in [2.45, 2.75) is 17.2 Å². The minimum atomic E-state index is 0.241. The lowest BCUT2D eigenvalue weighted by atomic mass is 10.4. The van der Waals surface area contributed by atoms with Crippen LogP contribution in [0.4, 0.5) is 5.95 Å². The van der Waals surface area contributed by atoms with Crippen molar-refractivity contribution < 1.29 is 0 Å². The van der Waals surface area contributed by atoms with E-state index in [4.69, 9.17) is 5.84 Å². The van der Waals surface area contributed by atoms with E-state index in [1.807, 2.05) is 6.92 Å². The molecule has 0 aromatic carbocycles. The fourth-order valence-corrected chi connectivity index (χ4v) is 2.09. The molecule has 9 nitrogen and oxygen atoms in total. The maximum Gasteiger partial charge on any atom is 0.256 e. The van der Waals surface area contributed by atoms with Crippen molar-refractivity contribution in [2.75, 3.05) is 5.43 Å². The Balaban J connectivity index is 1.94. The van der Waals surface area contributed by atoms with E-state index in [-0.39, 0.29) is 5.95 Å². The van der Waals surface area contributed by atoms with E-state index < -0.39 is 0 Å². The Kier molecular flexibility index (Phi) is 3.71. The molecule has 0 saturated carbocycles. The summed E-state index contributed by atoms with van der Waals surface area (Å²) < 4.78 is 1.52. The first-order valence-corrected chi connectivity index (χ1v) is 6.75. The molecule has 3 heterocycles. The summed E-state index contributed by atoms with van der Waals surface area (Å²) in [5.41, 5.74) is 3.39. The van der Waals surface area contributed by atoms with Crippen LogP contribution >= 0.6 is 11.8 Å². The average molecular weight is 301 g/mol. The fraction of sp³-hybridized carbons (Fsp3) is 0.0909. The van der Waals surface area contributed by atoms with Crippen molar-refractivity contribution >= 4 is 17.7 Å². The maximum atomic E-state index is 5.38. The zero-order valence-electron chi connectivity index (χ0n) is 11.0. The molecule has 0 aliphatic rings. The number of aromatic nitrogens is 7. The largest absolute Gasteiger partial charge is 0.292 e. The number of hydrazine groups is 1. The molecule has 0 fully saturated rings. The Morgan fingerprint density at radius 3 is 2.62 bits per heavy atom. The Labute approximate surface area is 124 Å². The van der Waals surface area contributed by atoms with Gasteiger partial charge in [0.25, 0.3) is 5.95 Å². The number of aryl methyl sites for hydroxylation is 1. The summed E-state index contributed by atoms with van der Waals surface area (Å²) in [5, 5.41) is 5.04. The molecule has 0 unspecified atom stereocenters. The fourth-order valence-electron chi connectivity index (χ4n) is 1.46. The van der Waals surface area contributed by atoms with Gasteiger partial charge in [0.2, 0.25) is 11.1 Å². The molecule has 3 aromatic rings. The van der Waals surface area contributed by atoms with Crippen molar-refractivity contribution in [3.8, 4) is 5.95 Å². The summed E-state index contributed by atoms with van der Waals surface area (Å²) in [5.74, 6) is 5.98. The summed E-state index contributed by atoms with van der Waals surface area (Å²) in [4.78, 5) is 21.0. The zero-order valence-corrected chi connectivity index (χ0v) is 11.8. The number of nitrogens with one attached hydrogen (secondary N) is 1. The first-order valence-electron chi connectivity index (χ1n) is 5.94. The molecule has 0 atom stereocenters. The summed E-state index contributed by atoms with van der Waals surface area (Å²) >= 11 is 1.22. The molecule has 0 aliphatic heterocycles. The number of nitrogens with zero attached hydrogens (tertiary/aromatic N) is 7. The molecule has 10 heteroatoms. The van der Waals surface area contributed by atoms with Gasteiger partial charge in [-0.25, -0.2) is 20.5 Å². The summed E-state index contributed by atoms with van der Waals surface area (Å²) in [6, 6.07) is 1.77. The second-order valence-electron chi connectivity index (χ2n) is 3.98. The van der Waals surface area contributed by atoms with Crippen LogP contribution in [0.3, 0.4) is 0 Å². The molecule has 0 radical (unpaired) electrons. The van der Waals surface area contributed by atoms with Crippen LogP contribution < -0.4 is 11.3 Å². The molecule has 3 aromatic heterocycles. The van der Waals surface area contributed by atoms with Crippen molar-refractivity contribution in [3.63, 3.8) is 0 Å². The quantitative estimate of drug-likeness (QED) is 0.405. The second kappa shape index (κ2) is 5.81. The van der Waals surface area contributed by atoms with Crippen LogP contribution in [-0.4, -0.2) is 34.7 Å². The van der Waals surface area contributed by atoms with Gasteiger partial charge in [-0.15, -0.1) is 0 Å². The molecule has 21 heavy (non-hydrogen) atoms. The van der Waals surface area contributed by atoms with E-state index in [9.17, 15) is 0 Å². The predicted molar refractivity (Wildman–Crippen MR) is 75.7 cm³/mol. The molecule has 0 aliphatic carbocycles. The third kappa shape index (κ3) is 3.12. The normalized spacial score (nSPS) is 10.6. The van der Waals surface area contributed by atoms with Crippen LogP contribution in [0.15, 0.2) is 41.2 Å². The van der Waals surface area contributed by atoms with Crippen LogP contribution in [0.5, 0.6) is 0 Å². The monoisotopic (exact) mass is 301 g/mol. The summed E-state index contributed by atoms with van der Waals surface area (Å²) in [6.45, 7) is 1.92. The molecule has 106 valence electrons. The molecular formula is C11H11N9S. The molecule has 0 spiro atoms. The Morgan fingerprint density at radius 2 is 1.95 bits per heavy atom. The summed E-state index contributed by atoms with van der Waals surface area (Å²) in [6.07, 6.45) is 6.82. The van der Waals surface area contributed by atoms with Crippen LogP contribution in [0.1, 0.15) is 5.56 Å². The standard InChI is InChI=1S/C11H11N9S/c1-7-5-13-10(14-6-7)21-11-17-8(19-12)16-9(18-11)20-4-2-3-15-20/h2-6H,12H2,1H3,(H,16,17,18,19).